The molecule has 3 aromatic heterocycles. The molecular formula is C114H77FN12. The lowest BCUT2D eigenvalue weighted by Gasteiger charge is -2.28. The van der Waals surface area contributed by atoms with Crippen LogP contribution in [0.25, 0.3) is 97.0 Å². The van der Waals surface area contributed by atoms with Crippen molar-refractivity contribution in [3.05, 3.63) is 474 Å². The van der Waals surface area contributed by atoms with Gasteiger partial charge in [0.15, 0.2) is 5.82 Å². The Balaban J connectivity index is 0.000000112. The van der Waals surface area contributed by atoms with Gasteiger partial charge < -0.3 is 14.7 Å². The Morgan fingerprint density at radius 3 is 0.669 bits per heavy atom. The standard InChI is InChI=1S/C38H25FN4.2C38H26N4/c39-32-14-7-8-15-35(32)42(28-10-3-1-4-11-28)33-22-18-26-17-21-31-34(23-19-27-16-20-30(33)36(26)37(27)31)43(29-12-5-2-6-13-29)38-40-24-9-25-41-38;1-4-11-29(12-5-1)41(30-13-6-2-7-14-30)34-23-19-27-18-22-33-35(24-20-28-17-21-32(34)36(27)37(28)33)42(31-15-8-3-9-16-31)38-39-25-10-26-40-38;1-4-10-29(11-5-1)41(30-12-6-2-7-13-30)34-22-18-27-17-21-33-35(23-19-28-16-20-32(34)37(27)38(28)33)42(31-14-8-3-9-15-31)36-26-39-24-25-40-36/h1-25H;2*1-26H. The number of rotatable bonds is 18. The molecule has 127 heavy (non-hydrogen) atoms. The zero-order chi connectivity index (χ0) is 84.5. The molecule has 0 unspecified atom stereocenters. The maximum absolute atomic E-state index is 15.4. The number of hydrogen-bond donors (Lipinski definition) is 0. The molecule has 0 saturated carbocycles. The fraction of sp³-hybridized carbons (Fsp3) is 0. The van der Waals surface area contributed by atoms with Crippen LogP contribution >= 0.6 is 0 Å². The Kier molecular flexibility index (Phi) is 19.9. The highest BCUT2D eigenvalue weighted by atomic mass is 19.1. The topological polar surface area (TPSA) is 96.8 Å². The summed E-state index contributed by atoms with van der Waals surface area (Å²) in [6, 6.07) is 147. The summed E-state index contributed by atoms with van der Waals surface area (Å²) in [6.45, 7) is 0. The van der Waals surface area contributed by atoms with Crippen LogP contribution in [0.2, 0.25) is 0 Å². The summed E-state index contributed by atoms with van der Waals surface area (Å²) in [4.78, 5) is 40.8. The second-order valence-electron chi connectivity index (χ2n) is 31.1. The summed E-state index contributed by atoms with van der Waals surface area (Å²) < 4.78 is 15.4. The van der Waals surface area contributed by atoms with Gasteiger partial charge in [0.1, 0.15) is 5.82 Å². The van der Waals surface area contributed by atoms with Gasteiger partial charge in [0.25, 0.3) is 0 Å². The zero-order valence-electron chi connectivity index (χ0n) is 68.7. The van der Waals surface area contributed by atoms with Crippen LogP contribution in [-0.2, 0) is 0 Å². The number of aromatic nitrogens is 6. The Labute approximate surface area is 732 Å². The molecule has 0 bridgehead atoms. The minimum absolute atomic E-state index is 0.277. The molecule has 24 rings (SSSR count). The molecule has 0 radical (unpaired) electrons. The molecule has 0 aliphatic carbocycles. The third-order valence-electron chi connectivity index (χ3n) is 23.8. The molecule has 12 nitrogen and oxygen atoms in total. The first-order valence-electron chi connectivity index (χ1n) is 42.4. The normalized spacial score (nSPS) is 11.3. The van der Waals surface area contributed by atoms with Crippen molar-refractivity contribution in [1.82, 2.24) is 29.9 Å². The number of para-hydroxylation sites is 9. The lowest BCUT2D eigenvalue weighted by atomic mass is 9.92. The molecule has 0 N–H and O–H groups in total. The third-order valence-corrected chi connectivity index (χ3v) is 23.8. The van der Waals surface area contributed by atoms with E-state index in [0.29, 0.717) is 17.6 Å². The van der Waals surface area contributed by atoms with Crippen molar-refractivity contribution in [2.24, 2.45) is 0 Å². The highest BCUT2D eigenvalue weighted by Gasteiger charge is 2.28. The number of hydrogen-bond acceptors (Lipinski definition) is 12. The van der Waals surface area contributed by atoms with Crippen LogP contribution in [0, 0.1) is 5.82 Å². The number of halogens is 1. The quantitative estimate of drug-likeness (QED) is 0.0766. The van der Waals surface area contributed by atoms with E-state index in [1.807, 2.05) is 96.0 Å². The zero-order valence-corrected chi connectivity index (χ0v) is 68.7. The molecule has 600 valence electrons. The van der Waals surface area contributed by atoms with Gasteiger partial charge in [0, 0.05) is 115 Å². The summed E-state index contributed by atoms with van der Waals surface area (Å²) in [6.07, 6.45) is 12.4. The van der Waals surface area contributed by atoms with Gasteiger partial charge in [0.2, 0.25) is 11.9 Å². The van der Waals surface area contributed by atoms with E-state index in [1.165, 1.54) is 65.3 Å². The summed E-state index contributed by atoms with van der Waals surface area (Å²) in [5.74, 6) is 1.73. The van der Waals surface area contributed by atoms with Crippen LogP contribution in [0.4, 0.5) is 107 Å². The van der Waals surface area contributed by atoms with Gasteiger partial charge in [-0.25, -0.2) is 29.3 Å². The maximum atomic E-state index is 15.4. The highest BCUT2D eigenvalue weighted by Crippen LogP contribution is 2.52. The average molecular weight is 1630 g/mol. The molecule has 0 fully saturated rings. The average Bonchev–Trinajstić information content (AvgIpc) is 0.729. The number of nitrogens with zero attached hydrogens (tertiary/aromatic N) is 12. The van der Waals surface area contributed by atoms with Crippen molar-refractivity contribution in [2.75, 3.05) is 29.4 Å². The van der Waals surface area contributed by atoms with E-state index in [0.717, 1.165) is 123 Å². The smallest absolute Gasteiger partial charge is 0.234 e. The predicted octanol–water partition coefficient (Wildman–Crippen LogP) is 31.1. The Morgan fingerprint density at radius 1 is 0.165 bits per heavy atom. The van der Waals surface area contributed by atoms with E-state index in [1.54, 1.807) is 43.2 Å². The van der Waals surface area contributed by atoms with Crippen molar-refractivity contribution in [3.63, 3.8) is 0 Å². The Morgan fingerprint density at radius 2 is 0.394 bits per heavy atom. The lowest BCUT2D eigenvalue weighted by molar-refractivity contribution is 0.629. The molecule has 3 heterocycles. The summed E-state index contributed by atoms with van der Waals surface area (Å²) in [5, 5.41) is 21.2. The molecule has 24 aromatic rings. The molecule has 0 aliphatic rings. The molecule has 21 aromatic carbocycles. The first-order chi connectivity index (χ1) is 63.0. The Hall–Kier alpha value is -17.3. The van der Waals surface area contributed by atoms with Crippen molar-refractivity contribution in [3.8, 4) is 0 Å². The van der Waals surface area contributed by atoms with Gasteiger partial charge >= 0.3 is 0 Å². The largest absolute Gasteiger partial charge is 0.310 e. The number of benzene rings is 21. The van der Waals surface area contributed by atoms with Crippen LogP contribution in [0.3, 0.4) is 0 Å². The monoisotopic (exact) mass is 1630 g/mol. The first-order valence-corrected chi connectivity index (χ1v) is 42.4. The third kappa shape index (κ3) is 14.0. The van der Waals surface area contributed by atoms with Gasteiger partial charge in [-0.15, -0.1) is 0 Å². The fourth-order valence-corrected chi connectivity index (χ4v) is 18.3. The van der Waals surface area contributed by atoms with Crippen molar-refractivity contribution in [2.45, 2.75) is 0 Å². The second-order valence-corrected chi connectivity index (χ2v) is 31.1. The predicted molar refractivity (Wildman–Crippen MR) is 525 cm³/mol. The van der Waals surface area contributed by atoms with Gasteiger partial charge in [-0.3, -0.25) is 19.7 Å². The molecule has 13 heteroatoms. The molecule has 0 saturated heterocycles. The van der Waals surface area contributed by atoms with Crippen molar-refractivity contribution < 1.29 is 4.39 Å². The van der Waals surface area contributed by atoms with E-state index >= 15 is 4.39 Å². The van der Waals surface area contributed by atoms with E-state index in [-0.39, 0.29) is 5.82 Å². The molecule has 0 aliphatic heterocycles. The van der Waals surface area contributed by atoms with E-state index in [2.05, 4.69) is 377 Å². The van der Waals surface area contributed by atoms with E-state index in [9.17, 15) is 0 Å². The second kappa shape index (κ2) is 33.3. The van der Waals surface area contributed by atoms with Crippen LogP contribution in [0.5, 0.6) is 0 Å². The fourth-order valence-electron chi connectivity index (χ4n) is 18.3. The molecule has 0 amide bonds. The van der Waals surface area contributed by atoms with Crippen molar-refractivity contribution in [1.29, 1.82) is 0 Å². The summed E-state index contributed by atoms with van der Waals surface area (Å²) in [5.41, 5.74) is 15.2. The first kappa shape index (κ1) is 75.9. The van der Waals surface area contributed by atoms with Crippen LogP contribution in [-0.4, -0.2) is 29.9 Å². The lowest BCUT2D eigenvalue weighted by Crippen LogP contribution is -2.13. The summed E-state index contributed by atoms with van der Waals surface area (Å²) in [7, 11) is 0. The Bertz CT molecular complexity index is 7140. The van der Waals surface area contributed by atoms with Gasteiger partial charge in [-0.1, -0.05) is 267 Å². The van der Waals surface area contributed by atoms with E-state index < -0.39 is 0 Å². The van der Waals surface area contributed by atoms with Crippen LogP contribution in [0.15, 0.2) is 468 Å². The van der Waals surface area contributed by atoms with Crippen molar-refractivity contribution >= 4 is 200 Å². The maximum Gasteiger partial charge on any atom is 0.234 e. The number of anilines is 18. The van der Waals surface area contributed by atoms with Gasteiger partial charge in [0.05, 0.1) is 46.0 Å². The minimum atomic E-state index is -0.277. The minimum Gasteiger partial charge on any atom is -0.310 e. The highest BCUT2D eigenvalue weighted by molar-refractivity contribution is 6.31. The summed E-state index contributed by atoms with van der Waals surface area (Å²) >= 11 is 0. The molecule has 0 spiro atoms. The molecule has 0 atom stereocenters. The van der Waals surface area contributed by atoms with Crippen LogP contribution < -0.4 is 29.4 Å². The van der Waals surface area contributed by atoms with Crippen LogP contribution in [0.1, 0.15) is 0 Å². The van der Waals surface area contributed by atoms with E-state index in [4.69, 9.17) is 4.98 Å². The molecular weight excluding hydrogens is 1560 g/mol. The van der Waals surface area contributed by atoms with Gasteiger partial charge in [-0.2, -0.15) is 0 Å². The van der Waals surface area contributed by atoms with Gasteiger partial charge in [-0.05, 0) is 222 Å². The SMILES string of the molecule is Fc1ccccc1N(c1ccccc1)c1ccc2ccc3c(N(c4ccccc4)c4ncccn4)ccc4ccc1c2c43.c1ccc(N(c2ccccc2)c2ccc3ccc4c(N(c5ccccc5)c5cnccn5)ccc5ccc2c3c54)cc1.c1ccc(N(c2ccccc2)c2ccc3ccc4c(N(c5ccccc5)c5ncccn5)ccc5ccc2c3c54)cc1.